The molecule has 0 heterocycles. The van der Waals surface area contributed by atoms with Crippen LogP contribution in [0.15, 0.2) is 24.3 Å². The number of rotatable bonds is 7. The predicted octanol–water partition coefficient (Wildman–Crippen LogP) is 2.12. The van der Waals surface area contributed by atoms with Crippen molar-refractivity contribution >= 4 is 5.97 Å². The van der Waals surface area contributed by atoms with Crippen LogP contribution >= 0.6 is 0 Å². The Kier molecular flexibility index (Phi) is 7.84. The minimum atomic E-state index is -0.989. The van der Waals surface area contributed by atoms with Crippen LogP contribution in [0.4, 0.5) is 0 Å². The molecule has 0 radical (unpaired) electrons. The number of aliphatic hydroxyl groups excluding tert-OH is 1. The van der Waals surface area contributed by atoms with E-state index in [1.54, 1.807) is 6.08 Å². The SMILES string of the molecule is CCCCC=CC=CC(O)CC(=O)O. The minimum Gasteiger partial charge on any atom is -0.481 e. The van der Waals surface area contributed by atoms with E-state index in [1.165, 1.54) is 6.08 Å². The molecule has 0 saturated heterocycles. The summed E-state index contributed by atoms with van der Waals surface area (Å²) < 4.78 is 0. The highest BCUT2D eigenvalue weighted by atomic mass is 16.4. The first-order chi connectivity index (χ1) is 6.66. The van der Waals surface area contributed by atoms with E-state index in [1.807, 2.05) is 12.2 Å². The summed E-state index contributed by atoms with van der Waals surface area (Å²) in [4.78, 5) is 10.2. The van der Waals surface area contributed by atoms with Crippen LogP contribution in [0.3, 0.4) is 0 Å². The summed E-state index contributed by atoms with van der Waals surface area (Å²) in [6.45, 7) is 2.13. The van der Waals surface area contributed by atoms with Crippen molar-refractivity contribution in [2.24, 2.45) is 0 Å². The Labute approximate surface area is 84.8 Å². The second kappa shape index (κ2) is 8.51. The fraction of sp³-hybridized carbons (Fsp3) is 0.545. The quantitative estimate of drug-likeness (QED) is 0.486. The molecule has 0 aliphatic rings. The number of carbonyl (C=O) groups is 1. The molecule has 3 heteroatoms. The Hall–Kier alpha value is -1.09. The normalized spacial score (nSPS) is 13.9. The predicted molar refractivity (Wildman–Crippen MR) is 56.1 cm³/mol. The molecule has 0 aliphatic carbocycles. The molecule has 0 spiro atoms. The van der Waals surface area contributed by atoms with Crippen LogP contribution in [0.5, 0.6) is 0 Å². The van der Waals surface area contributed by atoms with E-state index >= 15 is 0 Å². The maximum Gasteiger partial charge on any atom is 0.306 e. The van der Waals surface area contributed by atoms with Gasteiger partial charge in [0.1, 0.15) is 0 Å². The molecule has 0 aromatic heterocycles. The summed E-state index contributed by atoms with van der Waals surface area (Å²) in [7, 11) is 0. The van der Waals surface area contributed by atoms with E-state index in [4.69, 9.17) is 10.2 Å². The number of hydrogen-bond acceptors (Lipinski definition) is 2. The molecule has 80 valence electrons. The van der Waals surface area contributed by atoms with Crippen LogP contribution in [0.2, 0.25) is 0 Å². The molecule has 0 saturated carbocycles. The van der Waals surface area contributed by atoms with Crippen LogP contribution < -0.4 is 0 Å². The van der Waals surface area contributed by atoms with E-state index in [9.17, 15) is 4.79 Å². The third-order valence-electron chi connectivity index (χ3n) is 1.69. The second-order valence-corrected chi connectivity index (χ2v) is 3.12. The van der Waals surface area contributed by atoms with E-state index in [2.05, 4.69) is 6.92 Å². The van der Waals surface area contributed by atoms with Crippen LogP contribution in [0, 0.1) is 0 Å². The fourth-order valence-corrected chi connectivity index (χ4v) is 0.936. The summed E-state index contributed by atoms with van der Waals surface area (Å²) >= 11 is 0. The van der Waals surface area contributed by atoms with Gasteiger partial charge in [0.25, 0.3) is 0 Å². The molecule has 0 aromatic carbocycles. The molecule has 2 N–H and O–H groups in total. The summed E-state index contributed by atoms with van der Waals surface area (Å²) in [5.41, 5.74) is 0. The van der Waals surface area contributed by atoms with Crippen molar-refractivity contribution in [1.29, 1.82) is 0 Å². The number of carboxylic acid groups (broad SMARTS) is 1. The highest BCUT2D eigenvalue weighted by molar-refractivity contribution is 5.67. The second-order valence-electron chi connectivity index (χ2n) is 3.12. The lowest BCUT2D eigenvalue weighted by Crippen LogP contribution is -2.09. The molecule has 0 aromatic rings. The van der Waals surface area contributed by atoms with Crippen LogP contribution in [-0.4, -0.2) is 22.3 Å². The Morgan fingerprint density at radius 2 is 2.14 bits per heavy atom. The number of unbranched alkanes of at least 4 members (excludes halogenated alkanes) is 2. The van der Waals surface area contributed by atoms with Crippen molar-refractivity contribution in [2.45, 2.75) is 38.7 Å². The van der Waals surface area contributed by atoms with Crippen molar-refractivity contribution in [3.05, 3.63) is 24.3 Å². The third-order valence-corrected chi connectivity index (χ3v) is 1.69. The number of aliphatic hydroxyl groups is 1. The number of allylic oxidation sites excluding steroid dienone is 3. The van der Waals surface area contributed by atoms with Gasteiger partial charge in [-0.05, 0) is 6.42 Å². The Morgan fingerprint density at radius 3 is 2.71 bits per heavy atom. The largest absolute Gasteiger partial charge is 0.481 e. The Morgan fingerprint density at radius 1 is 1.43 bits per heavy atom. The summed E-state index contributed by atoms with van der Waals surface area (Å²) in [6.07, 6.45) is 9.23. The Bertz CT molecular complexity index is 207. The third kappa shape index (κ3) is 9.00. The zero-order chi connectivity index (χ0) is 10.8. The molecular weight excluding hydrogens is 180 g/mol. The maximum atomic E-state index is 10.2. The number of carboxylic acids is 1. The van der Waals surface area contributed by atoms with E-state index < -0.39 is 12.1 Å². The molecule has 1 unspecified atom stereocenters. The molecule has 0 rings (SSSR count). The van der Waals surface area contributed by atoms with Gasteiger partial charge in [0.05, 0.1) is 12.5 Å². The van der Waals surface area contributed by atoms with Gasteiger partial charge < -0.3 is 10.2 Å². The summed E-state index contributed by atoms with van der Waals surface area (Å²) in [5, 5.41) is 17.5. The lowest BCUT2D eigenvalue weighted by Gasteiger charge is -1.98. The lowest BCUT2D eigenvalue weighted by atomic mass is 10.2. The molecule has 0 amide bonds. The topological polar surface area (TPSA) is 57.5 Å². The summed E-state index contributed by atoms with van der Waals surface area (Å²) in [6, 6.07) is 0. The van der Waals surface area contributed by atoms with Gasteiger partial charge in [-0.2, -0.15) is 0 Å². The number of hydrogen-bond donors (Lipinski definition) is 2. The van der Waals surface area contributed by atoms with E-state index in [-0.39, 0.29) is 6.42 Å². The monoisotopic (exact) mass is 198 g/mol. The molecule has 1 atom stereocenters. The smallest absolute Gasteiger partial charge is 0.306 e. The van der Waals surface area contributed by atoms with Crippen LogP contribution in [0.1, 0.15) is 32.6 Å². The molecule has 0 fully saturated rings. The van der Waals surface area contributed by atoms with Gasteiger partial charge in [0, 0.05) is 0 Å². The van der Waals surface area contributed by atoms with E-state index in [0.29, 0.717) is 0 Å². The first-order valence-electron chi connectivity index (χ1n) is 4.90. The van der Waals surface area contributed by atoms with Crippen LogP contribution in [0.25, 0.3) is 0 Å². The van der Waals surface area contributed by atoms with Crippen molar-refractivity contribution in [3.8, 4) is 0 Å². The highest BCUT2D eigenvalue weighted by Gasteiger charge is 2.03. The van der Waals surface area contributed by atoms with Gasteiger partial charge in [-0.15, -0.1) is 0 Å². The minimum absolute atomic E-state index is 0.237. The molecule has 0 aliphatic heterocycles. The molecular formula is C11H18O3. The van der Waals surface area contributed by atoms with E-state index in [0.717, 1.165) is 19.3 Å². The van der Waals surface area contributed by atoms with Crippen molar-refractivity contribution in [1.82, 2.24) is 0 Å². The van der Waals surface area contributed by atoms with Gasteiger partial charge in [-0.25, -0.2) is 0 Å². The van der Waals surface area contributed by atoms with Gasteiger partial charge >= 0.3 is 5.97 Å². The molecule has 14 heavy (non-hydrogen) atoms. The van der Waals surface area contributed by atoms with Crippen molar-refractivity contribution < 1.29 is 15.0 Å². The van der Waals surface area contributed by atoms with Gasteiger partial charge in [-0.3, -0.25) is 4.79 Å². The summed E-state index contributed by atoms with van der Waals surface area (Å²) in [5.74, 6) is -0.989. The van der Waals surface area contributed by atoms with Crippen LogP contribution in [-0.2, 0) is 4.79 Å². The average molecular weight is 198 g/mol. The lowest BCUT2D eigenvalue weighted by molar-refractivity contribution is -0.138. The molecule has 0 bridgehead atoms. The van der Waals surface area contributed by atoms with Gasteiger partial charge in [-0.1, -0.05) is 44.1 Å². The average Bonchev–Trinajstić information content (AvgIpc) is 2.10. The first-order valence-corrected chi connectivity index (χ1v) is 4.90. The Balaban J connectivity index is 3.60. The number of aliphatic carboxylic acids is 1. The zero-order valence-corrected chi connectivity index (χ0v) is 8.52. The van der Waals surface area contributed by atoms with Gasteiger partial charge in [0.15, 0.2) is 0 Å². The van der Waals surface area contributed by atoms with Crippen molar-refractivity contribution in [3.63, 3.8) is 0 Å². The maximum absolute atomic E-state index is 10.2. The van der Waals surface area contributed by atoms with Crippen molar-refractivity contribution in [2.75, 3.05) is 0 Å². The van der Waals surface area contributed by atoms with Gasteiger partial charge in [0.2, 0.25) is 0 Å². The zero-order valence-electron chi connectivity index (χ0n) is 8.52. The fourth-order valence-electron chi connectivity index (χ4n) is 0.936. The standard InChI is InChI=1S/C11H18O3/c1-2-3-4-5-6-7-8-10(12)9-11(13)14/h5-8,10,12H,2-4,9H2,1H3,(H,13,14). The first kappa shape index (κ1) is 12.9. The highest BCUT2D eigenvalue weighted by Crippen LogP contribution is 1.97. The molecule has 3 nitrogen and oxygen atoms in total.